The van der Waals surface area contributed by atoms with Crippen molar-refractivity contribution in [3.63, 3.8) is 0 Å². The Kier molecular flexibility index (Phi) is 8.21. The number of nitrogen functional groups attached to an aromatic ring is 2. The number of aromatic nitrogens is 2. The lowest BCUT2D eigenvalue weighted by Crippen LogP contribution is -2.13. The molecule has 152 valence electrons. The summed E-state index contributed by atoms with van der Waals surface area (Å²) in [5.74, 6) is 0.757. The SMILES string of the molecule is C=C(C)c1c(OC)cc(Cc2cnc(N)nc2N)cc1OC.CC(O)C(=O)O. The normalized spacial score (nSPS) is 11.0. The van der Waals surface area contributed by atoms with Crippen molar-refractivity contribution in [2.45, 2.75) is 26.4 Å². The summed E-state index contributed by atoms with van der Waals surface area (Å²) in [6.45, 7) is 7.07. The van der Waals surface area contributed by atoms with Crippen LogP contribution in [0.3, 0.4) is 0 Å². The number of anilines is 2. The zero-order valence-corrected chi connectivity index (χ0v) is 16.4. The number of rotatable bonds is 6. The molecule has 0 aliphatic rings. The fraction of sp³-hybridized carbons (Fsp3) is 0.316. The number of aliphatic hydroxyl groups is 1. The van der Waals surface area contributed by atoms with Crippen molar-refractivity contribution in [1.29, 1.82) is 0 Å². The Morgan fingerprint density at radius 2 is 1.75 bits per heavy atom. The van der Waals surface area contributed by atoms with Crippen LogP contribution in [0.1, 0.15) is 30.5 Å². The fourth-order valence-corrected chi connectivity index (χ4v) is 2.28. The maximum absolute atomic E-state index is 9.45. The van der Waals surface area contributed by atoms with Gasteiger partial charge in [0.2, 0.25) is 5.95 Å². The molecule has 0 aliphatic heterocycles. The number of carbonyl (C=O) groups is 1. The van der Waals surface area contributed by atoms with E-state index in [2.05, 4.69) is 16.5 Å². The molecule has 6 N–H and O–H groups in total. The van der Waals surface area contributed by atoms with Crippen molar-refractivity contribution in [2.24, 2.45) is 0 Å². The smallest absolute Gasteiger partial charge is 0.332 e. The number of ether oxygens (including phenoxy) is 2. The molecule has 0 spiro atoms. The molecular formula is C19H26N4O5. The van der Waals surface area contributed by atoms with Crippen LogP contribution in [-0.2, 0) is 11.2 Å². The number of methoxy groups -OCH3 is 2. The van der Waals surface area contributed by atoms with Gasteiger partial charge in [0.25, 0.3) is 0 Å². The van der Waals surface area contributed by atoms with Gasteiger partial charge in [-0.2, -0.15) is 4.98 Å². The summed E-state index contributed by atoms with van der Waals surface area (Å²) < 4.78 is 10.9. The number of carboxylic acids is 1. The molecule has 2 aromatic rings. The first-order chi connectivity index (χ1) is 13.1. The average Bonchev–Trinajstić information content (AvgIpc) is 2.63. The van der Waals surface area contributed by atoms with E-state index in [1.165, 1.54) is 6.92 Å². The molecule has 1 aromatic heterocycles. The van der Waals surface area contributed by atoms with Gasteiger partial charge in [0.05, 0.1) is 19.8 Å². The van der Waals surface area contributed by atoms with Gasteiger partial charge in [-0.05, 0) is 37.1 Å². The standard InChI is InChI=1S/C16H20N4O2.C3H6O3/c1-9(2)14-12(21-3)6-10(7-13(14)22-4)5-11-8-19-16(18)20-15(11)17;1-2(4)3(5)6/h6-8H,1,5H2,2-4H3,(H4,17,18,19,20);2,4H,1H3,(H,5,6). The van der Waals surface area contributed by atoms with Gasteiger partial charge in [0.1, 0.15) is 23.4 Å². The Hall–Kier alpha value is -3.33. The highest BCUT2D eigenvalue weighted by Crippen LogP contribution is 2.36. The molecule has 0 saturated heterocycles. The number of carboxylic acid groups (broad SMARTS) is 1. The van der Waals surface area contributed by atoms with Crippen LogP contribution in [0.5, 0.6) is 11.5 Å². The van der Waals surface area contributed by atoms with Crippen LogP contribution < -0.4 is 20.9 Å². The average molecular weight is 390 g/mol. The van der Waals surface area contributed by atoms with Crippen LogP contribution in [0, 0.1) is 0 Å². The van der Waals surface area contributed by atoms with Crippen LogP contribution in [0.25, 0.3) is 5.57 Å². The molecule has 0 fully saturated rings. The first kappa shape index (κ1) is 22.7. The second-order valence-corrected chi connectivity index (χ2v) is 5.99. The molecule has 28 heavy (non-hydrogen) atoms. The van der Waals surface area contributed by atoms with Crippen molar-refractivity contribution in [2.75, 3.05) is 25.7 Å². The molecule has 1 unspecified atom stereocenters. The van der Waals surface area contributed by atoms with E-state index in [9.17, 15) is 4.79 Å². The highest BCUT2D eigenvalue weighted by atomic mass is 16.5. The van der Waals surface area contributed by atoms with Crippen molar-refractivity contribution in [1.82, 2.24) is 9.97 Å². The van der Waals surface area contributed by atoms with E-state index in [0.717, 1.165) is 22.3 Å². The largest absolute Gasteiger partial charge is 0.496 e. The molecule has 0 bridgehead atoms. The van der Waals surface area contributed by atoms with Crippen LogP contribution in [0.15, 0.2) is 24.9 Å². The third-order valence-electron chi connectivity index (χ3n) is 3.66. The molecule has 0 amide bonds. The third kappa shape index (κ3) is 6.13. The maximum atomic E-state index is 9.45. The van der Waals surface area contributed by atoms with E-state index in [1.54, 1.807) is 20.4 Å². The van der Waals surface area contributed by atoms with Gasteiger partial charge in [-0.15, -0.1) is 0 Å². The van der Waals surface area contributed by atoms with E-state index in [-0.39, 0.29) is 5.95 Å². The van der Waals surface area contributed by atoms with Gasteiger partial charge >= 0.3 is 5.97 Å². The molecule has 0 saturated carbocycles. The van der Waals surface area contributed by atoms with Crippen molar-refractivity contribution in [3.05, 3.63) is 41.6 Å². The molecule has 0 aliphatic carbocycles. The second-order valence-electron chi connectivity index (χ2n) is 5.99. The van der Waals surface area contributed by atoms with E-state index in [0.29, 0.717) is 23.7 Å². The zero-order chi connectivity index (χ0) is 21.4. The molecule has 9 nitrogen and oxygen atoms in total. The number of nitrogens with zero attached hydrogens (tertiary/aromatic N) is 2. The van der Waals surface area contributed by atoms with E-state index in [4.69, 9.17) is 31.2 Å². The Bertz CT molecular complexity index is 827. The number of hydrogen-bond acceptors (Lipinski definition) is 8. The monoisotopic (exact) mass is 390 g/mol. The number of nitrogens with two attached hydrogens (primary N) is 2. The first-order valence-electron chi connectivity index (χ1n) is 8.29. The van der Waals surface area contributed by atoms with Gasteiger partial charge in [0, 0.05) is 18.2 Å². The fourth-order valence-electron chi connectivity index (χ4n) is 2.28. The highest BCUT2D eigenvalue weighted by Gasteiger charge is 2.14. The molecule has 2 rings (SSSR count). The first-order valence-corrected chi connectivity index (χ1v) is 8.29. The summed E-state index contributed by atoms with van der Waals surface area (Å²) in [5, 5.41) is 15.8. The molecule has 0 radical (unpaired) electrons. The predicted molar refractivity (Wildman–Crippen MR) is 107 cm³/mol. The number of hydrogen-bond donors (Lipinski definition) is 4. The molecule has 9 heteroatoms. The van der Waals surface area contributed by atoms with Gasteiger partial charge in [-0.3, -0.25) is 0 Å². The lowest BCUT2D eigenvalue weighted by Gasteiger charge is -2.15. The summed E-state index contributed by atoms with van der Waals surface area (Å²) in [6.07, 6.45) is 0.948. The van der Waals surface area contributed by atoms with Crippen molar-refractivity contribution >= 4 is 23.3 Å². The Morgan fingerprint density at radius 1 is 1.25 bits per heavy atom. The summed E-state index contributed by atoms with van der Waals surface area (Å²) in [4.78, 5) is 17.4. The number of allylic oxidation sites excluding steroid dienone is 1. The zero-order valence-electron chi connectivity index (χ0n) is 16.4. The van der Waals surface area contributed by atoms with Crippen molar-refractivity contribution < 1.29 is 24.5 Å². The topological polar surface area (TPSA) is 154 Å². The Labute approximate surface area is 163 Å². The van der Waals surface area contributed by atoms with Crippen LogP contribution in [0.4, 0.5) is 11.8 Å². The lowest BCUT2D eigenvalue weighted by atomic mass is 10.00. The van der Waals surface area contributed by atoms with Gasteiger partial charge in [-0.25, -0.2) is 9.78 Å². The summed E-state index contributed by atoms with van der Waals surface area (Å²) in [7, 11) is 3.23. The molecule has 1 atom stereocenters. The molecular weight excluding hydrogens is 364 g/mol. The van der Waals surface area contributed by atoms with Gasteiger partial charge < -0.3 is 31.2 Å². The van der Waals surface area contributed by atoms with E-state index in [1.807, 2.05) is 19.1 Å². The number of aliphatic carboxylic acids is 1. The highest BCUT2D eigenvalue weighted by molar-refractivity contribution is 5.73. The number of benzene rings is 1. The summed E-state index contributed by atoms with van der Waals surface area (Å²) in [6, 6.07) is 3.87. The van der Waals surface area contributed by atoms with E-state index >= 15 is 0 Å². The minimum absolute atomic E-state index is 0.161. The maximum Gasteiger partial charge on any atom is 0.332 e. The van der Waals surface area contributed by atoms with Gasteiger partial charge in [0.15, 0.2) is 0 Å². The molecule has 1 heterocycles. The third-order valence-corrected chi connectivity index (χ3v) is 3.66. The van der Waals surface area contributed by atoms with Crippen LogP contribution >= 0.6 is 0 Å². The predicted octanol–water partition coefficient (Wildman–Crippen LogP) is 1.73. The van der Waals surface area contributed by atoms with Gasteiger partial charge in [-0.1, -0.05) is 6.58 Å². The summed E-state index contributed by atoms with van der Waals surface area (Å²) in [5.41, 5.74) is 14.9. The van der Waals surface area contributed by atoms with E-state index < -0.39 is 12.1 Å². The Morgan fingerprint density at radius 3 is 2.11 bits per heavy atom. The molecule has 1 aromatic carbocycles. The second kappa shape index (κ2) is 10.1. The van der Waals surface area contributed by atoms with Crippen LogP contribution in [0.2, 0.25) is 0 Å². The quantitative estimate of drug-likeness (QED) is 0.577. The lowest BCUT2D eigenvalue weighted by molar-refractivity contribution is -0.145. The van der Waals surface area contributed by atoms with Crippen LogP contribution in [-0.4, -0.2) is 46.5 Å². The Balaban J connectivity index is 0.000000568. The van der Waals surface area contributed by atoms with Crippen molar-refractivity contribution in [3.8, 4) is 11.5 Å². The summed E-state index contributed by atoms with van der Waals surface area (Å²) >= 11 is 0. The number of aliphatic hydroxyl groups excluding tert-OH is 1. The minimum atomic E-state index is -1.23. The minimum Gasteiger partial charge on any atom is -0.496 e.